The van der Waals surface area contributed by atoms with E-state index in [1.54, 1.807) is 17.8 Å². The molecule has 0 aliphatic carbocycles. The van der Waals surface area contributed by atoms with E-state index in [1.807, 2.05) is 30.5 Å². The molecule has 0 aliphatic rings. The molecular formula is C10H10N2OS. The van der Waals surface area contributed by atoms with Gasteiger partial charge in [0, 0.05) is 10.6 Å². The molecule has 0 bridgehead atoms. The summed E-state index contributed by atoms with van der Waals surface area (Å²) in [5.41, 5.74) is 0.725. The number of amides is 1. The van der Waals surface area contributed by atoms with Gasteiger partial charge in [0.2, 0.25) is 5.91 Å². The maximum absolute atomic E-state index is 11.0. The number of hydrogen-bond donors (Lipinski definition) is 1. The fourth-order valence-electron chi connectivity index (χ4n) is 0.951. The van der Waals surface area contributed by atoms with Crippen molar-refractivity contribution in [1.82, 2.24) is 0 Å². The Balaban J connectivity index is 2.60. The molecule has 1 rings (SSSR count). The minimum absolute atomic E-state index is 0.107. The SMILES string of the molecule is CSc1ccc(NC(=O)CC#N)cc1. The second kappa shape index (κ2) is 5.30. The molecule has 0 spiro atoms. The van der Waals surface area contributed by atoms with Crippen molar-refractivity contribution in [1.29, 1.82) is 5.26 Å². The molecule has 1 N–H and O–H groups in total. The number of nitriles is 1. The van der Waals surface area contributed by atoms with Gasteiger partial charge in [-0.15, -0.1) is 11.8 Å². The van der Waals surface area contributed by atoms with Gasteiger partial charge < -0.3 is 5.32 Å². The molecule has 4 heteroatoms. The summed E-state index contributed by atoms with van der Waals surface area (Å²) in [6.45, 7) is 0. The zero-order chi connectivity index (χ0) is 10.4. The lowest BCUT2D eigenvalue weighted by Crippen LogP contribution is -2.09. The molecule has 0 heterocycles. The summed E-state index contributed by atoms with van der Waals surface area (Å²) in [7, 11) is 0. The van der Waals surface area contributed by atoms with Crippen molar-refractivity contribution < 1.29 is 4.79 Å². The van der Waals surface area contributed by atoms with Crippen LogP contribution in [-0.4, -0.2) is 12.2 Å². The number of carbonyl (C=O) groups excluding carboxylic acids is 1. The molecule has 0 unspecified atom stereocenters. The van der Waals surface area contributed by atoms with Crippen LogP contribution in [0.2, 0.25) is 0 Å². The van der Waals surface area contributed by atoms with E-state index in [0.29, 0.717) is 0 Å². The summed E-state index contributed by atoms with van der Waals surface area (Å²) in [5, 5.41) is 10.9. The van der Waals surface area contributed by atoms with E-state index in [2.05, 4.69) is 5.32 Å². The molecule has 0 saturated heterocycles. The highest BCUT2D eigenvalue weighted by Crippen LogP contribution is 2.17. The van der Waals surface area contributed by atoms with Crippen LogP contribution in [0.3, 0.4) is 0 Å². The van der Waals surface area contributed by atoms with E-state index in [1.165, 1.54) is 0 Å². The number of rotatable bonds is 3. The van der Waals surface area contributed by atoms with Crippen molar-refractivity contribution in [3.63, 3.8) is 0 Å². The standard InChI is InChI=1S/C10H10N2OS/c1-14-9-4-2-8(3-5-9)12-10(13)6-7-11/h2-5H,6H2,1H3,(H,12,13). The molecule has 0 saturated carbocycles. The Morgan fingerprint density at radius 3 is 2.64 bits per heavy atom. The molecule has 3 nitrogen and oxygen atoms in total. The summed E-state index contributed by atoms with van der Waals surface area (Å²) < 4.78 is 0. The number of benzene rings is 1. The summed E-state index contributed by atoms with van der Waals surface area (Å²) in [4.78, 5) is 12.2. The fraction of sp³-hybridized carbons (Fsp3) is 0.200. The van der Waals surface area contributed by atoms with E-state index in [4.69, 9.17) is 5.26 Å². The van der Waals surface area contributed by atoms with Gasteiger partial charge in [-0.3, -0.25) is 4.79 Å². The zero-order valence-corrected chi connectivity index (χ0v) is 8.60. The van der Waals surface area contributed by atoms with Crippen LogP contribution >= 0.6 is 11.8 Å². The van der Waals surface area contributed by atoms with Crippen molar-refractivity contribution in [2.24, 2.45) is 0 Å². The van der Waals surface area contributed by atoms with Crippen LogP contribution in [0.4, 0.5) is 5.69 Å². The van der Waals surface area contributed by atoms with Crippen molar-refractivity contribution in [3.05, 3.63) is 24.3 Å². The first kappa shape index (κ1) is 10.6. The Morgan fingerprint density at radius 2 is 2.14 bits per heavy atom. The zero-order valence-electron chi connectivity index (χ0n) is 7.78. The summed E-state index contributed by atoms with van der Waals surface area (Å²) in [6, 6.07) is 9.28. The third-order valence-corrected chi connectivity index (χ3v) is 2.36. The van der Waals surface area contributed by atoms with E-state index < -0.39 is 0 Å². The van der Waals surface area contributed by atoms with Gasteiger partial charge in [-0.05, 0) is 30.5 Å². The molecule has 72 valence electrons. The highest BCUT2D eigenvalue weighted by atomic mass is 32.2. The van der Waals surface area contributed by atoms with E-state index >= 15 is 0 Å². The summed E-state index contributed by atoms with van der Waals surface area (Å²) >= 11 is 1.64. The lowest BCUT2D eigenvalue weighted by molar-refractivity contribution is -0.115. The van der Waals surface area contributed by atoms with E-state index in [9.17, 15) is 4.79 Å². The number of nitrogens with zero attached hydrogens (tertiary/aromatic N) is 1. The third-order valence-electron chi connectivity index (χ3n) is 1.61. The van der Waals surface area contributed by atoms with Gasteiger partial charge in [-0.1, -0.05) is 0 Å². The lowest BCUT2D eigenvalue weighted by atomic mass is 10.3. The monoisotopic (exact) mass is 206 g/mol. The summed E-state index contributed by atoms with van der Waals surface area (Å²) in [5.74, 6) is -0.274. The molecule has 0 aliphatic heterocycles. The number of carbonyl (C=O) groups is 1. The molecule has 0 atom stereocenters. The quantitative estimate of drug-likeness (QED) is 0.772. The van der Waals surface area contributed by atoms with Gasteiger partial charge >= 0.3 is 0 Å². The van der Waals surface area contributed by atoms with E-state index in [0.717, 1.165) is 10.6 Å². The van der Waals surface area contributed by atoms with Crippen LogP contribution in [0.15, 0.2) is 29.2 Å². The molecule has 1 amide bonds. The minimum atomic E-state index is -0.274. The number of thioether (sulfide) groups is 1. The molecule has 0 fully saturated rings. The van der Waals surface area contributed by atoms with Crippen molar-refractivity contribution in [2.75, 3.05) is 11.6 Å². The molecule has 1 aromatic carbocycles. The van der Waals surface area contributed by atoms with Gasteiger partial charge in [0.15, 0.2) is 0 Å². The van der Waals surface area contributed by atoms with Gasteiger partial charge in [0.05, 0.1) is 6.07 Å². The third kappa shape index (κ3) is 3.11. The molecular weight excluding hydrogens is 196 g/mol. The molecule has 14 heavy (non-hydrogen) atoms. The highest BCUT2D eigenvalue weighted by molar-refractivity contribution is 7.98. The number of anilines is 1. The maximum atomic E-state index is 11.0. The Hall–Kier alpha value is -1.47. The van der Waals surface area contributed by atoms with E-state index in [-0.39, 0.29) is 12.3 Å². The predicted molar refractivity (Wildman–Crippen MR) is 57.1 cm³/mol. The first-order valence-electron chi connectivity index (χ1n) is 4.07. The largest absolute Gasteiger partial charge is 0.325 e. The number of hydrogen-bond acceptors (Lipinski definition) is 3. The highest BCUT2D eigenvalue weighted by Gasteiger charge is 2.00. The van der Waals surface area contributed by atoms with Crippen molar-refractivity contribution >= 4 is 23.4 Å². The van der Waals surface area contributed by atoms with Crippen LogP contribution in [0, 0.1) is 11.3 Å². The smallest absolute Gasteiger partial charge is 0.238 e. The Labute approximate surface area is 87.1 Å². The number of nitrogens with one attached hydrogen (secondary N) is 1. The van der Waals surface area contributed by atoms with Gasteiger partial charge in [0.1, 0.15) is 6.42 Å². The molecule has 0 radical (unpaired) electrons. The van der Waals surface area contributed by atoms with Crippen molar-refractivity contribution in [3.8, 4) is 6.07 Å². The predicted octanol–water partition coefficient (Wildman–Crippen LogP) is 2.26. The fourth-order valence-corrected chi connectivity index (χ4v) is 1.36. The Kier molecular flexibility index (Phi) is 4.02. The minimum Gasteiger partial charge on any atom is -0.325 e. The normalized spacial score (nSPS) is 9.14. The van der Waals surface area contributed by atoms with Crippen LogP contribution < -0.4 is 5.32 Å². The maximum Gasteiger partial charge on any atom is 0.238 e. The van der Waals surface area contributed by atoms with Crippen molar-refractivity contribution in [2.45, 2.75) is 11.3 Å². The first-order valence-corrected chi connectivity index (χ1v) is 5.29. The summed E-state index contributed by atoms with van der Waals surface area (Å²) in [6.07, 6.45) is 1.88. The van der Waals surface area contributed by atoms with Gasteiger partial charge in [0.25, 0.3) is 0 Å². The second-order valence-corrected chi connectivity index (χ2v) is 3.49. The first-order chi connectivity index (χ1) is 6.76. The molecule has 0 aromatic heterocycles. The Morgan fingerprint density at radius 1 is 1.50 bits per heavy atom. The topological polar surface area (TPSA) is 52.9 Å². The average Bonchev–Trinajstić information content (AvgIpc) is 2.19. The Bertz CT molecular complexity index is 353. The van der Waals surface area contributed by atoms with Crippen LogP contribution in [0.5, 0.6) is 0 Å². The van der Waals surface area contributed by atoms with Gasteiger partial charge in [-0.25, -0.2) is 0 Å². The lowest BCUT2D eigenvalue weighted by Gasteiger charge is -2.02. The van der Waals surface area contributed by atoms with Crippen LogP contribution in [-0.2, 0) is 4.79 Å². The molecule has 1 aromatic rings. The second-order valence-electron chi connectivity index (χ2n) is 2.61. The van der Waals surface area contributed by atoms with Crippen LogP contribution in [0.1, 0.15) is 6.42 Å². The average molecular weight is 206 g/mol. The van der Waals surface area contributed by atoms with Crippen LogP contribution in [0.25, 0.3) is 0 Å². The van der Waals surface area contributed by atoms with Gasteiger partial charge in [-0.2, -0.15) is 5.26 Å².